The van der Waals surface area contributed by atoms with Gasteiger partial charge in [-0.25, -0.2) is 4.79 Å². The van der Waals surface area contributed by atoms with Gasteiger partial charge in [0.05, 0.1) is 26.2 Å². The second kappa shape index (κ2) is 6.35. The fraction of sp³-hybridized carbons (Fsp3) is 0.263. The van der Waals surface area contributed by atoms with Crippen molar-refractivity contribution in [2.24, 2.45) is 0 Å². The van der Waals surface area contributed by atoms with Gasteiger partial charge in [-0.05, 0) is 36.2 Å². The summed E-state index contributed by atoms with van der Waals surface area (Å²) in [5.74, 6) is -0.215. The molecule has 1 aliphatic heterocycles. The molecule has 1 heterocycles. The minimum atomic E-state index is -0.450. The van der Waals surface area contributed by atoms with Crippen LogP contribution in [0, 0.1) is 6.92 Å². The third-order valence-corrected chi connectivity index (χ3v) is 4.19. The summed E-state index contributed by atoms with van der Waals surface area (Å²) in [7, 11) is 2.69. The Morgan fingerprint density at radius 1 is 1.08 bits per heavy atom. The molecule has 0 saturated carbocycles. The molecule has 24 heavy (non-hydrogen) atoms. The van der Waals surface area contributed by atoms with Gasteiger partial charge in [-0.3, -0.25) is 4.79 Å². The highest BCUT2D eigenvalue weighted by Gasteiger charge is 2.30. The summed E-state index contributed by atoms with van der Waals surface area (Å²) >= 11 is 0. The lowest BCUT2D eigenvalue weighted by molar-refractivity contribution is -0.142. The van der Waals surface area contributed by atoms with Gasteiger partial charge < -0.3 is 14.2 Å². The molecule has 0 bridgehead atoms. The fourth-order valence-corrected chi connectivity index (χ4v) is 3.02. The van der Waals surface area contributed by atoms with Gasteiger partial charge in [0.2, 0.25) is 0 Å². The number of ether oxygens (including phenoxy) is 3. The van der Waals surface area contributed by atoms with Crippen LogP contribution in [0.2, 0.25) is 0 Å². The Hall–Kier alpha value is -2.82. The lowest BCUT2D eigenvalue weighted by Gasteiger charge is -2.30. The van der Waals surface area contributed by atoms with E-state index in [0.29, 0.717) is 11.3 Å². The number of hydrogen-bond acceptors (Lipinski definition) is 5. The number of carbonyl (C=O) groups is 2. The first-order chi connectivity index (χ1) is 11.5. The largest absolute Gasteiger partial charge is 0.484 e. The average molecular weight is 326 g/mol. The molecule has 2 aromatic carbocycles. The Labute approximate surface area is 140 Å². The number of fused-ring (bicyclic) bond motifs is 3. The lowest BCUT2D eigenvalue weighted by atomic mass is 9.88. The highest BCUT2D eigenvalue weighted by molar-refractivity contribution is 5.92. The quantitative estimate of drug-likeness (QED) is 0.809. The molecule has 0 fully saturated rings. The molecular weight excluding hydrogens is 308 g/mol. The summed E-state index contributed by atoms with van der Waals surface area (Å²) < 4.78 is 15.6. The summed E-state index contributed by atoms with van der Waals surface area (Å²) in [5, 5.41) is 0. The minimum absolute atomic E-state index is 0.107. The molecule has 0 aliphatic carbocycles. The number of rotatable bonds is 3. The van der Waals surface area contributed by atoms with Crippen LogP contribution in [0.1, 0.15) is 34.0 Å². The average Bonchev–Trinajstić information content (AvgIpc) is 2.60. The number of aryl methyl sites for hydroxylation is 1. The van der Waals surface area contributed by atoms with Crippen molar-refractivity contribution in [2.75, 3.05) is 14.2 Å². The molecule has 0 saturated heterocycles. The normalized spacial score (nSPS) is 14.9. The minimum Gasteiger partial charge on any atom is -0.484 e. The first-order valence-electron chi connectivity index (χ1n) is 7.61. The molecule has 1 atom stereocenters. The molecule has 124 valence electrons. The summed E-state index contributed by atoms with van der Waals surface area (Å²) in [6, 6.07) is 11.1. The van der Waals surface area contributed by atoms with Crippen molar-refractivity contribution in [3.63, 3.8) is 0 Å². The molecule has 0 radical (unpaired) electrons. The van der Waals surface area contributed by atoms with E-state index in [0.717, 1.165) is 22.3 Å². The Morgan fingerprint density at radius 2 is 1.88 bits per heavy atom. The van der Waals surface area contributed by atoms with Gasteiger partial charge in [0.1, 0.15) is 11.9 Å². The maximum Gasteiger partial charge on any atom is 0.337 e. The van der Waals surface area contributed by atoms with E-state index in [9.17, 15) is 9.59 Å². The number of carbonyl (C=O) groups excluding carboxylic acids is 2. The number of esters is 2. The van der Waals surface area contributed by atoms with Gasteiger partial charge in [0, 0.05) is 11.1 Å². The number of benzene rings is 2. The molecule has 0 aromatic heterocycles. The van der Waals surface area contributed by atoms with Gasteiger partial charge in [-0.1, -0.05) is 18.2 Å². The maximum atomic E-state index is 11.8. The highest BCUT2D eigenvalue weighted by atomic mass is 16.5. The van der Waals surface area contributed by atoms with Crippen LogP contribution in [0.4, 0.5) is 0 Å². The lowest BCUT2D eigenvalue weighted by Crippen LogP contribution is -2.20. The van der Waals surface area contributed by atoms with Crippen LogP contribution in [0.25, 0.3) is 11.1 Å². The SMILES string of the molecule is COC(=O)CC1Oc2cc(C(=O)OC)ccc2-c2cccc(C)c21. The second-order valence-corrected chi connectivity index (χ2v) is 5.63. The van der Waals surface area contributed by atoms with Crippen LogP contribution in [-0.4, -0.2) is 26.2 Å². The topological polar surface area (TPSA) is 61.8 Å². The van der Waals surface area contributed by atoms with E-state index >= 15 is 0 Å². The maximum absolute atomic E-state index is 11.8. The van der Waals surface area contributed by atoms with Gasteiger partial charge in [-0.2, -0.15) is 0 Å². The third-order valence-electron chi connectivity index (χ3n) is 4.19. The molecule has 1 unspecified atom stereocenters. The third kappa shape index (κ3) is 2.73. The van der Waals surface area contributed by atoms with Gasteiger partial charge in [-0.15, -0.1) is 0 Å². The Bertz CT molecular complexity index is 809. The molecule has 5 heteroatoms. The van der Waals surface area contributed by atoms with E-state index in [1.54, 1.807) is 12.1 Å². The van der Waals surface area contributed by atoms with E-state index in [4.69, 9.17) is 14.2 Å². The van der Waals surface area contributed by atoms with Crippen LogP contribution >= 0.6 is 0 Å². The summed E-state index contributed by atoms with van der Waals surface area (Å²) in [6.45, 7) is 1.99. The second-order valence-electron chi connectivity index (χ2n) is 5.63. The number of methoxy groups -OCH3 is 2. The fourth-order valence-electron chi connectivity index (χ4n) is 3.02. The molecule has 0 amide bonds. The highest BCUT2D eigenvalue weighted by Crippen LogP contribution is 2.45. The molecule has 5 nitrogen and oxygen atoms in total. The van der Waals surface area contributed by atoms with Crippen molar-refractivity contribution in [2.45, 2.75) is 19.4 Å². The summed E-state index contributed by atoms with van der Waals surface area (Å²) in [5.41, 5.74) is 4.32. The monoisotopic (exact) mass is 326 g/mol. The van der Waals surface area contributed by atoms with Crippen molar-refractivity contribution < 1.29 is 23.8 Å². The van der Waals surface area contributed by atoms with Crippen molar-refractivity contribution >= 4 is 11.9 Å². The Kier molecular flexibility index (Phi) is 4.25. The van der Waals surface area contributed by atoms with Crippen molar-refractivity contribution in [1.29, 1.82) is 0 Å². The van der Waals surface area contributed by atoms with Gasteiger partial charge in [0.25, 0.3) is 0 Å². The van der Waals surface area contributed by atoms with Gasteiger partial charge >= 0.3 is 11.9 Å². The van der Waals surface area contributed by atoms with Crippen molar-refractivity contribution in [1.82, 2.24) is 0 Å². The Morgan fingerprint density at radius 3 is 2.58 bits per heavy atom. The Balaban J connectivity index is 2.11. The number of hydrogen-bond donors (Lipinski definition) is 0. The standard InChI is InChI=1S/C19H18O5/c1-11-5-4-6-14-13-8-7-12(19(21)23-3)9-15(13)24-16(18(11)14)10-17(20)22-2/h4-9,16H,10H2,1-3H3. The molecule has 0 N–H and O–H groups in total. The van der Waals surface area contributed by atoms with Crippen LogP contribution < -0.4 is 4.74 Å². The van der Waals surface area contributed by atoms with Crippen LogP contribution in [0.3, 0.4) is 0 Å². The van der Waals surface area contributed by atoms with Crippen molar-refractivity contribution in [3.05, 3.63) is 53.1 Å². The van der Waals surface area contributed by atoms with E-state index in [1.807, 2.05) is 31.2 Å². The van der Waals surface area contributed by atoms with Crippen LogP contribution in [-0.2, 0) is 14.3 Å². The molecule has 0 spiro atoms. The zero-order valence-electron chi connectivity index (χ0n) is 13.8. The smallest absolute Gasteiger partial charge is 0.337 e. The zero-order chi connectivity index (χ0) is 17.3. The van der Waals surface area contributed by atoms with E-state index < -0.39 is 12.1 Å². The van der Waals surface area contributed by atoms with Crippen LogP contribution in [0.15, 0.2) is 36.4 Å². The predicted octanol–water partition coefficient (Wildman–Crippen LogP) is 3.45. The first kappa shape index (κ1) is 16.1. The molecule has 1 aliphatic rings. The molecule has 3 rings (SSSR count). The van der Waals surface area contributed by atoms with Gasteiger partial charge in [0.15, 0.2) is 0 Å². The van der Waals surface area contributed by atoms with E-state index in [1.165, 1.54) is 14.2 Å². The summed E-state index contributed by atoms with van der Waals surface area (Å²) in [4.78, 5) is 23.5. The van der Waals surface area contributed by atoms with Crippen molar-refractivity contribution in [3.8, 4) is 16.9 Å². The molecule has 2 aromatic rings. The van der Waals surface area contributed by atoms with E-state index in [-0.39, 0.29) is 12.4 Å². The summed E-state index contributed by atoms with van der Waals surface area (Å²) in [6.07, 6.45) is -0.343. The van der Waals surface area contributed by atoms with Crippen LogP contribution in [0.5, 0.6) is 5.75 Å². The first-order valence-corrected chi connectivity index (χ1v) is 7.61. The van der Waals surface area contributed by atoms with E-state index in [2.05, 4.69) is 0 Å². The zero-order valence-corrected chi connectivity index (χ0v) is 13.8. The molecular formula is C19H18O5. The predicted molar refractivity (Wildman–Crippen MR) is 88.0 cm³/mol.